The zero-order valence-electron chi connectivity index (χ0n) is 14.3. The fourth-order valence-corrected chi connectivity index (χ4v) is 3.69. The Bertz CT molecular complexity index is 866. The predicted octanol–water partition coefficient (Wildman–Crippen LogP) is 3.32. The first-order valence-electron chi connectivity index (χ1n) is 8.29. The third kappa shape index (κ3) is 3.18. The molecule has 0 spiro atoms. The van der Waals surface area contributed by atoms with Crippen LogP contribution in [0, 0.1) is 0 Å². The van der Waals surface area contributed by atoms with Crippen LogP contribution in [0.5, 0.6) is 0 Å². The normalized spacial score (nSPS) is 17.5. The molecule has 3 rings (SSSR count). The lowest BCUT2D eigenvalue weighted by molar-refractivity contribution is -0.133. The Morgan fingerprint density at radius 2 is 1.71 bits per heavy atom. The summed E-state index contributed by atoms with van der Waals surface area (Å²) in [6.07, 6.45) is 3.01. The van der Waals surface area contributed by atoms with Crippen LogP contribution in [0.3, 0.4) is 0 Å². The van der Waals surface area contributed by atoms with Crippen LogP contribution in [0.25, 0.3) is 10.8 Å². The van der Waals surface area contributed by atoms with Crippen LogP contribution in [-0.4, -0.2) is 36.8 Å². The minimum Gasteiger partial charge on any atom is -0.332 e. The number of hydrogen-bond donors (Lipinski definition) is 0. The molecule has 24 heavy (non-hydrogen) atoms. The van der Waals surface area contributed by atoms with E-state index in [1.165, 1.54) is 6.92 Å². The van der Waals surface area contributed by atoms with E-state index in [9.17, 15) is 13.2 Å². The first-order valence-corrected chi connectivity index (χ1v) is 10.2. The van der Waals surface area contributed by atoms with Crippen molar-refractivity contribution in [3.05, 3.63) is 48.0 Å². The van der Waals surface area contributed by atoms with Crippen LogP contribution in [-0.2, 0) is 14.6 Å². The highest BCUT2D eigenvalue weighted by molar-refractivity contribution is 7.92. The van der Waals surface area contributed by atoms with Gasteiger partial charge in [0.2, 0.25) is 5.91 Å². The summed E-state index contributed by atoms with van der Waals surface area (Å²) in [7, 11) is -3.40. The standard InChI is InChI=1S/C19H23NO3S/c1-13(17-10-6-8-15-7-4-5-9-18(15)17)20(16-11-12-16)19(21)14(2)24(3,22)23/h4-10,13-14,16H,11-12H2,1-3H3/t13-,14-/m1/s1. The monoisotopic (exact) mass is 345 g/mol. The molecule has 1 fully saturated rings. The molecule has 0 saturated heterocycles. The second-order valence-corrected chi connectivity index (χ2v) is 9.06. The van der Waals surface area contributed by atoms with Crippen molar-refractivity contribution in [1.29, 1.82) is 0 Å². The predicted molar refractivity (Wildman–Crippen MR) is 96.5 cm³/mol. The van der Waals surface area contributed by atoms with Gasteiger partial charge in [-0.05, 0) is 43.0 Å². The van der Waals surface area contributed by atoms with E-state index < -0.39 is 15.1 Å². The van der Waals surface area contributed by atoms with Crippen molar-refractivity contribution in [1.82, 2.24) is 4.90 Å². The van der Waals surface area contributed by atoms with E-state index in [2.05, 4.69) is 6.07 Å². The van der Waals surface area contributed by atoms with Gasteiger partial charge >= 0.3 is 0 Å². The van der Waals surface area contributed by atoms with Crippen molar-refractivity contribution in [3.8, 4) is 0 Å². The van der Waals surface area contributed by atoms with Crippen LogP contribution in [0.4, 0.5) is 0 Å². The number of hydrogen-bond acceptors (Lipinski definition) is 3. The Labute approximate surface area is 143 Å². The third-order valence-corrected chi connectivity index (χ3v) is 6.36. The molecule has 0 aliphatic heterocycles. The second kappa shape index (κ2) is 6.20. The number of fused-ring (bicyclic) bond motifs is 1. The first kappa shape index (κ1) is 17.0. The van der Waals surface area contributed by atoms with Gasteiger partial charge in [-0.3, -0.25) is 4.79 Å². The van der Waals surface area contributed by atoms with Crippen molar-refractivity contribution < 1.29 is 13.2 Å². The Morgan fingerprint density at radius 3 is 2.33 bits per heavy atom. The summed E-state index contributed by atoms with van der Waals surface area (Å²) in [6.45, 7) is 3.48. The molecule has 1 amide bonds. The quantitative estimate of drug-likeness (QED) is 0.835. The Balaban J connectivity index is 2.01. The summed E-state index contributed by atoms with van der Waals surface area (Å²) in [5, 5.41) is 1.23. The fraction of sp³-hybridized carbons (Fsp3) is 0.421. The highest BCUT2D eigenvalue weighted by Crippen LogP contribution is 2.37. The molecule has 0 aromatic heterocycles. The number of carbonyl (C=O) groups is 1. The summed E-state index contributed by atoms with van der Waals surface area (Å²) >= 11 is 0. The van der Waals surface area contributed by atoms with Crippen LogP contribution in [0.1, 0.15) is 38.3 Å². The van der Waals surface area contributed by atoms with Gasteiger partial charge in [-0.15, -0.1) is 0 Å². The summed E-state index contributed by atoms with van der Waals surface area (Å²) in [5.41, 5.74) is 1.06. The fourth-order valence-electron chi connectivity index (χ4n) is 3.20. The van der Waals surface area contributed by atoms with Crippen molar-refractivity contribution in [3.63, 3.8) is 0 Å². The van der Waals surface area contributed by atoms with Gasteiger partial charge in [0.1, 0.15) is 5.25 Å². The largest absolute Gasteiger partial charge is 0.332 e. The molecule has 0 bridgehead atoms. The zero-order chi connectivity index (χ0) is 17.5. The van der Waals surface area contributed by atoms with Gasteiger partial charge in [0, 0.05) is 12.3 Å². The average Bonchev–Trinajstić information content (AvgIpc) is 3.37. The van der Waals surface area contributed by atoms with Gasteiger partial charge in [0.25, 0.3) is 0 Å². The number of amides is 1. The molecule has 2 atom stereocenters. The van der Waals surface area contributed by atoms with Crippen LogP contribution >= 0.6 is 0 Å². The van der Waals surface area contributed by atoms with Gasteiger partial charge in [0.15, 0.2) is 9.84 Å². The minimum atomic E-state index is -3.40. The average molecular weight is 345 g/mol. The Morgan fingerprint density at radius 1 is 1.08 bits per heavy atom. The van der Waals surface area contributed by atoms with Gasteiger partial charge in [-0.1, -0.05) is 42.5 Å². The van der Waals surface area contributed by atoms with Gasteiger partial charge in [-0.25, -0.2) is 8.42 Å². The summed E-state index contributed by atoms with van der Waals surface area (Å²) in [4.78, 5) is 14.7. The van der Waals surface area contributed by atoms with E-state index >= 15 is 0 Å². The molecule has 128 valence electrons. The number of rotatable bonds is 5. The molecule has 2 aromatic rings. The number of carbonyl (C=O) groups excluding carboxylic acids is 1. The molecule has 4 nitrogen and oxygen atoms in total. The summed E-state index contributed by atoms with van der Waals surface area (Å²) in [6, 6.07) is 14.1. The molecule has 0 unspecified atom stereocenters. The molecule has 1 saturated carbocycles. The molecule has 0 radical (unpaired) electrons. The van der Waals surface area contributed by atoms with Crippen molar-refractivity contribution >= 4 is 26.5 Å². The van der Waals surface area contributed by atoms with E-state index in [4.69, 9.17) is 0 Å². The molecular formula is C19H23NO3S. The lowest BCUT2D eigenvalue weighted by atomic mass is 9.98. The molecule has 1 aliphatic carbocycles. The number of sulfone groups is 1. The minimum absolute atomic E-state index is 0.149. The van der Waals surface area contributed by atoms with Crippen molar-refractivity contribution in [2.75, 3.05) is 6.26 Å². The van der Waals surface area contributed by atoms with E-state index in [0.29, 0.717) is 0 Å². The van der Waals surface area contributed by atoms with Crippen LogP contribution in [0.15, 0.2) is 42.5 Å². The first-order chi connectivity index (χ1) is 11.3. The maximum atomic E-state index is 12.9. The maximum Gasteiger partial charge on any atom is 0.241 e. The van der Waals surface area contributed by atoms with Gasteiger partial charge in [-0.2, -0.15) is 0 Å². The van der Waals surface area contributed by atoms with E-state index in [1.807, 2.05) is 43.3 Å². The molecule has 0 heterocycles. The second-order valence-electron chi connectivity index (χ2n) is 6.69. The molecule has 1 aliphatic rings. The number of nitrogens with zero attached hydrogens (tertiary/aromatic N) is 1. The van der Waals surface area contributed by atoms with Gasteiger partial charge < -0.3 is 4.90 Å². The highest BCUT2D eigenvalue weighted by Gasteiger charge is 2.40. The summed E-state index contributed by atoms with van der Waals surface area (Å²) < 4.78 is 23.7. The molecule has 0 N–H and O–H groups in total. The lowest BCUT2D eigenvalue weighted by Gasteiger charge is -2.32. The Hall–Kier alpha value is -1.88. The van der Waals surface area contributed by atoms with E-state index in [1.54, 1.807) is 4.90 Å². The maximum absolute atomic E-state index is 12.9. The smallest absolute Gasteiger partial charge is 0.241 e. The molecule has 2 aromatic carbocycles. The van der Waals surface area contributed by atoms with Gasteiger partial charge in [0.05, 0.1) is 6.04 Å². The van der Waals surface area contributed by atoms with Crippen molar-refractivity contribution in [2.24, 2.45) is 0 Å². The van der Waals surface area contributed by atoms with Crippen LogP contribution in [0.2, 0.25) is 0 Å². The Kier molecular flexibility index (Phi) is 4.38. The van der Waals surface area contributed by atoms with E-state index in [-0.39, 0.29) is 18.0 Å². The van der Waals surface area contributed by atoms with Crippen molar-refractivity contribution in [2.45, 2.75) is 44.0 Å². The highest BCUT2D eigenvalue weighted by atomic mass is 32.2. The van der Waals surface area contributed by atoms with Crippen LogP contribution < -0.4 is 0 Å². The third-order valence-electron chi connectivity index (χ3n) is 4.88. The topological polar surface area (TPSA) is 54.5 Å². The lowest BCUT2D eigenvalue weighted by Crippen LogP contribution is -2.43. The molecular weight excluding hydrogens is 322 g/mol. The van der Waals surface area contributed by atoms with E-state index in [0.717, 1.165) is 35.4 Å². The SMILES string of the molecule is C[C@H](c1cccc2ccccc12)N(C(=O)[C@@H](C)S(C)(=O)=O)C1CC1. The summed E-state index contributed by atoms with van der Waals surface area (Å²) in [5.74, 6) is -0.291. The zero-order valence-corrected chi connectivity index (χ0v) is 15.1. The molecule has 5 heteroatoms. The number of benzene rings is 2.